The van der Waals surface area contributed by atoms with Gasteiger partial charge in [0.25, 0.3) is 5.56 Å². The molecule has 0 atom stereocenters. The monoisotopic (exact) mass is 241 g/mol. The van der Waals surface area contributed by atoms with Crippen molar-refractivity contribution in [2.45, 2.75) is 26.8 Å². The quantitative estimate of drug-likeness (QED) is 0.665. The molecular formula is C10H15N3O2S. The first-order valence-electron chi connectivity index (χ1n) is 4.98. The molecule has 2 N–H and O–H groups in total. The van der Waals surface area contributed by atoms with Crippen molar-refractivity contribution in [3.8, 4) is 0 Å². The zero-order valence-corrected chi connectivity index (χ0v) is 10.2. The first kappa shape index (κ1) is 12.8. The van der Waals surface area contributed by atoms with Gasteiger partial charge in [-0.2, -0.15) is 17.7 Å². The molecule has 0 spiro atoms. The molecule has 6 heteroatoms. The topological polar surface area (TPSA) is 74.8 Å². The summed E-state index contributed by atoms with van der Waals surface area (Å²) in [5, 5.41) is 8.91. The highest BCUT2D eigenvalue weighted by molar-refractivity contribution is 7.80. The van der Waals surface area contributed by atoms with Crippen LogP contribution in [-0.4, -0.2) is 21.9 Å². The van der Waals surface area contributed by atoms with Gasteiger partial charge in [-0.25, -0.2) is 5.10 Å². The largest absolute Gasteiger partial charge is 0.352 e. The van der Waals surface area contributed by atoms with Crippen molar-refractivity contribution in [3.63, 3.8) is 0 Å². The Bertz CT molecular complexity index is 442. The van der Waals surface area contributed by atoms with Gasteiger partial charge in [0, 0.05) is 18.5 Å². The molecule has 0 fully saturated rings. The second kappa shape index (κ2) is 5.69. The van der Waals surface area contributed by atoms with E-state index in [-0.39, 0.29) is 18.0 Å². The number of nitrogens with one attached hydrogen (secondary N) is 2. The summed E-state index contributed by atoms with van der Waals surface area (Å²) in [5.41, 5.74) is 1.88. The number of amides is 1. The number of H-pyrrole nitrogens is 1. The average molecular weight is 241 g/mol. The summed E-state index contributed by atoms with van der Waals surface area (Å²) in [6.45, 7) is 3.86. The SMILES string of the molecule is Cc1n[nH]c(=O)c(CNC(=O)CCS)c1C. The number of nitrogens with zero attached hydrogens (tertiary/aromatic N) is 1. The molecule has 1 aromatic rings. The van der Waals surface area contributed by atoms with E-state index >= 15 is 0 Å². The lowest BCUT2D eigenvalue weighted by Crippen LogP contribution is -2.28. The summed E-state index contributed by atoms with van der Waals surface area (Å²) in [7, 11) is 0. The molecule has 0 aliphatic rings. The Kier molecular flexibility index (Phi) is 4.54. The maximum Gasteiger partial charge on any atom is 0.269 e. The van der Waals surface area contributed by atoms with Crippen molar-refractivity contribution < 1.29 is 4.79 Å². The molecule has 0 saturated heterocycles. The Balaban J connectivity index is 2.78. The van der Waals surface area contributed by atoms with Crippen molar-refractivity contribution >= 4 is 18.5 Å². The summed E-state index contributed by atoms with van der Waals surface area (Å²) < 4.78 is 0. The number of aromatic nitrogens is 2. The van der Waals surface area contributed by atoms with Crippen LogP contribution in [0.1, 0.15) is 23.2 Å². The number of aryl methyl sites for hydroxylation is 1. The van der Waals surface area contributed by atoms with Crippen LogP contribution in [0.25, 0.3) is 0 Å². The van der Waals surface area contributed by atoms with Crippen LogP contribution in [0.5, 0.6) is 0 Å². The molecule has 1 heterocycles. The van der Waals surface area contributed by atoms with Gasteiger partial charge in [0.15, 0.2) is 0 Å². The minimum absolute atomic E-state index is 0.108. The van der Waals surface area contributed by atoms with E-state index in [4.69, 9.17) is 0 Å². The Morgan fingerprint density at radius 2 is 2.19 bits per heavy atom. The highest BCUT2D eigenvalue weighted by Crippen LogP contribution is 2.04. The lowest BCUT2D eigenvalue weighted by atomic mass is 10.1. The lowest BCUT2D eigenvalue weighted by Gasteiger charge is -2.07. The number of aromatic amines is 1. The Labute approximate surface area is 99.1 Å². The van der Waals surface area contributed by atoms with Crippen LogP contribution in [0.2, 0.25) is 0 Å². The highest BCUT2D eigenvalue weighted by atomic mass is 32.1. The third-order valence-electron chi connectivity index (χ3n) is 2.40. The van der Waals surface area contributed by atoms with Gasteiger partial charge < -0.3 is 5.32 Å². The fourth-order valence-electron chi connectivity index (χ4n) is 1.26. The van der Waals surface area contributed by atoms with Crippen LogP contribution in [0.4, 0.5) is 0 Å². The lowest BCUT2D eigenvalue weighted by molar-refractivity contribution is -0.120. The molecule has 1 rings (SSSR count). The Morgan fingerprint density at radius 3 is 2.81 bits per heavy atom. The number of rotatable bonds is 4. The van der Waals surface area contributed by atoms with Gasteiger partial charge in [0.2, 0.25) is 5.91 Å². The number of carbonyl (C=O) groups excluding carboxylic acids is 1. The van der Waals surface area contributed by atoms with Crippen molar-refractivity contribution in [2.24, 2.45) is 0 Å². The number of hydrogen-bond donors (Lipinski definition) is 3. The van der Waals surface area contributed by atoms with Gasteiger partial charge in [-0.3, -0.25) is 9.59 Å². The van der Waals surface area contributed by atoms with Crippen molar-refractivity contribution in [2.75, 3.05) is 5.75 Å². The van der Waals surface area contributed by atoms with E-state index in [1.807, 2.05) is 13.8 Å². The molecule has 0 aromatic carbocycles. The zero-order chi connectivity index (χ0) is 12.1. The van der Waals surface area contributed by atoms with E-state index < -0.39 is 0 Å². The van der Waals surface area contributed by atoms with Crippen LogP contribution in [0, 0.1) is 13.8 Å². The van der Waals surface area contributed by atoms with Gasteiger partial charge in [-0.15, -0.1) is 0 Å². The van der Waals surface area contributed by atoms with E-state index in [1.165, 1.54) is 0 Å². The molecule has 5 nitrogen and oxygen atoms in total. The van der Waals surface area contributed by atoms with Crippen LogP contribution in [-0.2, 0) is 11.3 Å². The second-order valence-electron chi connectivity index (χ2n) is 3.49. The van der Waals surface area contributed by atoms with Gasteiger partial charge >= 0.3 is 0 Å². The third kappa shape index (κ3) is 3.10. The maximum absolute atomic E-state index is 11.5. The summed E-state index contributed by atoms with van der Waals surface area (Å²) in [6, 6.07) is 0. The zero-order valence-electron chi connectivity index (χ0n) is 9.33. The minimum Gasteiger partial charge on any atom is -0.352 e. The van der Waals surface area contributed by atoms with Crippen LogP contribution in [0.3, 0.4) is 0 Å². The van der Waals surface area contributed by atoms with E-state index in [0.29, 0.717) is 17.7 Å². The van der Waals surface area contributed by atoms with Crippen molar-refractivity contribution in [3.05, 3.63) is 27.2 Å². The molecule has 16 heavy (non-hydrogen) atoms. The van der Waals surface area contributed by atoms with Gasteiger partial charge in [0.05, 0.1) is 5.69 Å². The standard InChI is InChI=1S/C10H15N3O2S/c1-6-7(2)12-13-10(15)8(6)5-11-9(14)3-4-16/h16H,3-5H2,1-2H3,(H,11,14)(H,13,15). The number of hydrogen-bond acceptors (Lipinski definition) is 4. The normalized spacial score (nSPS) is 10.2. The predicted octanol–water partition coefficient (Wildman–Crippen LogP) is 0.323. The fraction of sp³-hybridized carbons (Fsp3) is 0.500. The average Bonchev–Trinajstić information content (AvgIpc) is 2.24. The van der Waals surface area contributed by atoms with Crippen molar-refractivity contribution in [1.29, 1.82) is 0 Å². The van der Waals surface area contributed by atoms with Crippen LogP contribution in [0.15, 0.2) is 4.79 Å². The van der Waals surface area contributed by atoms with E-state index in [1.54, 1.807) is 0 Å². The molecule has 0 aliphatic carbocycles. The predicted molar refractivity (Wildman–Crippen MR) is 64.6 cm³/mol. The molecule has 0 saturated carbocycles. The second-order valence-corrected chi connectivity index (χ2v) is 3.94. The fourth-order valence-corrected chi connectivity index (χ4v) is 1.47. The van der Waals surface area contributed by atoms with E-state index in [9.17, 15) is 9.59 Å². The number of thiol groups is 1. The van der Waals surface area contributed by atoms with Gasteiger partial charge in [-0.05, 0) is 25.2 Å². The molecule has 0 unspecified atom stereocenters. The van der Waals surface area contributed by atoms with Crippen LogP contribution < -0.4 is 10.9 Å². The van der Waals surface area contributed by atoms with Gasteiger partial charge in [0.1, 0.15) is 0 Å². The van der Waals surface area contributed by atoms with E-state index in [2.05, 4.69) is 28.1 Å². The minimum atomic E-state index is -0.255. The smallest absolute Gasteiger partial charge is 0.269 e. The van der Waals surface area contributed by atoms with E-state index in [0.717, 1.165) is 11.3 Å². The molecule has 0 bridgehead atoms. The van der Waals surface area contributed by atoms with Crippen molar-refractivity contribution in [1.82, 2.24) is 15.5 Å². The third-order valence-corrected chi connectivity index (χ3v) is 2.62. The first-order valence-corrected chi connectivity index (χ1v) is 5.61. The Morgan fingerprint density at radius 1 is 1.50 bits per heavy atom. The molecule has 0 radical (unpaired) electrons. The maximum atomic E-state index is 11.5. The Hall–Kier alpha value is -1.30. The summed E-state index contributed by atoms with van der Waals surface area (Å²) >= 11 is 3.96. The van der Waals surface area contributed by atoms with Crippen LogP contribution >= 0.6 is 12.6 Å². The summed E-state index contributed by atoms with van der Waals surface area (Å²) in [4.78, 5) is 22.7. The molecule has 88 valence electrons. The number of carbonyl (C=O) groups is 1. The summed E-state index contributed by atoms with van der Waals surface area (Å²) in [6.07, 6.45) is 0.351. The molecular weight excluding hydrogens is 226 g/mol. The first-order chi connectivity index (χ1) is 7.56. The van der Waals surface area contributed by atoms with Gasteiger partial charge in [-0.1, -0.05) is 0 Å². The molecule has 1 amide bonds. The molecule has 0 aliphatic heterocycles. The highest BCUT2D eigenvalue weighted by Gasteiger charge is 2.08. The molecule has 1 aromatic heterocycles. The summed E-state index contributed by atoms with van der Waals surface area (Å²) in [5.74, 6) is 0.388.